The van der Waals surface area contributed by atoms with E-state index in [4.69, 9.17) is 4.74 Å². The molecule has 0 amide bonds. The van der Waals surface area contributed by atoms with Gasteiger partial charge in [-0.3, -0.25) is 4.57 Å². The lowest BCUT2D eigenvalue weighted by Gasteiger charge is -2.09. The predicted molar refractivity (Wildman–Crippen MR) is 85.3 cm³/mol. The summed E-state index contributed by atoms with van der Waals surface area (Å²) >= 11 is 0. The van der Waals surface area contributed by atoms with Gasteiger partial charge in [0, 0.05) is 24.7 Å². The first kappa shape index (κ1) is 14.1. The number of ether oxygens (including phenoxy) is 1. The van der Waals surface area contributed by atoms with Crippen LogP contribution in [0.3, 0.4) is 0 Å². The monoisotopic (exact) mass is 295 g/mol. The van der Waals surface area contributed by atoms with E-state index >= 15 is 0 Å². The van der Waals surface area contributed by atoms with E-state index in [1.165, 1.54) is 5.56 Å². The van der Waals surface area contributed by atoms with Crippen LogP contribution in [0.1, 0.15) is 11.3 Å². The summed E-state index contributed by atoms with van der Waals surface area (Å²) in [4.78, 5) is 11.6. The number of aromatic nitrogens is 3. The number of aryl methyl sites for hydroxylation is 3. The van der Waals surface area contributed by atoms with Gasteiger partial charge in [0.2, 0.25) is 0 Å². The highest BCUT2D eigenvalue weighted by molar-refractivity contribution is 5.87. The molecule has 0 N–H and O–H groups in total. The van der Waals surface area contributed by atoms with E-state index < -0.39 is 5.97 Å². The van der Waals surface area contributed by atoms with Crippen molar-refractivity contribution in [3.63, 3.8) is 0 Å². The molecule has 0 aliphatic heterocycles. The molecule has 0 bridgehead atoms. The Hall–Kier alpha value is -2.82. The second kappa shape index (κ2) is 5.18. The highest BCUT2D eigenvalue weighted by Gasteiger charge is 2.20. The molecule has 5 heteroatoms. The van der Waals surface area contributed by atoms with Crippen molar-refractivity contribution in [1.29, 1.82) is 0 Å². The van der Waals surface area contributed by atoms with Gasteiger partial charge in [-0.1, -0.05) is 18.7 Å². The van der Waals surface area contributed by atoms with Crippen LogP contribution in [-0.4, -0.2) is 20.3 Å². The van der Waals surface area contributed by atoms with E-state index in [2.05, 4.69) is 24.7 Å². The molecule has 0 unspecified atom stereocenters. The van der Waals surface area contributed by atoms with Crippen LogP contribution in [0.5, 0.6) is 5.75 Å². The number of rotatable bonds is 3. The average molecular weight is 295 g/mol. The van der Waals surface area contributed by atoms with E-state index in [1.54, 1.807) is 4.68 Å². The van der Waals surface area contributed by atoms with E-state index in [-0.39, 0.29) is 0 Å². The van der Waals surface area contributed by atoms with Gasteiger partial charge in [-0.05, 0) is 31.5 Å². The van der Waals surface area contributed by atoms with Crippen molar-refractivity contribution >= 4 is 16.9 Å². The van der Waals surface area contributed by atoms with Crippen molar-refractivity contribution in [2.24, 2.45) is 7.05 Å². The molecule has 0 saturated heterocycles. The Morgan fingerprint density at radius 1 is 1.32 bits per heavy atom. The maximum Gasteiger partial charge on any atom is 0.335 e. The second-order valence-electron chi connectivity index (χ2n) is 5.18. The van der Waals surface area contributed by atoms with Crippen LogP contribution < -0.4 is 4.74 Å². The Labute approximate surface area is 128 Å². The molecule has 0 atom stereocenters. The number of carbonyl (C=O) groups is 1. The third-order valence-corrected chi connectivity index (χ3v) is 3.69. The molecule has 112 valence electrons. The van der Waals surface area contributed by atoms with Gasteiger partial charge < -0.3 is 4.74 Å². The van der Waals surface area contributed by atoms with Crippen LogP contribution >= 0.6 is 0 Å². The molecule has 5 nitrogen and oxygen atoms in total. The van der Waals surface area contributed by atoms with Gasteiger partial charge in [0.25, 0.3) is 0 Å². The lowest BCUT2D eigenvalue weighted by atomic mass is 10.1. The van der Waals surface area contributed by atoms with Gasteiger partial charge in [0.05, 0.1) is 5.52 Å². The molecule has 0 spiro atoms. The zero-order chi connectivity index (χ0) is 15.9. The Morgan fingerprint density at radius 2 is 2.09 bits per heavy atom. The summed E-state index contributed by atoms with van der Waals surface area (Å²) in [6, 6.07) is 8.16. The summed E-state index contributed by atoms with van der Waals surface area (Å²) in [5, 5.41) is 5.52. The molecule has 0 fully saturated rings. The smallest absolute Gasteiger partial charge is 0.335 e. The van der Waals surface area contributed by atoms with E-state index in [1.807, 2.05) is 42.9 Å². The average Bonchev–Trinajstić information content (AvgIpc) is 3.02. The summed E-state index contributed by atoms with van der Waals surface area (Å²) < 4.78 is 9.08. The van der Waals surface area contributed by atoms with Crippen molar-refractivity contribution in [3.05, 3.63) is 54.4 Å². The molecule has 0 saturated carbocycles. The molecular formula is C17H17N3O2. The standard InChI is InChI=1S/C17H17N3O2/c1-5-15(21)22-16-12(3)18-19(4)17(16)20-10-9-13-11(2)7-6-8-14(13)20/h5-10H,1H2,2-4H3. The fourth-order valence-corrected chi connectivity index (χ4v) is 2.66. The normalized spacial score (nSPS) is 10.9. The fourth-order valence-electron chi connectivity index (χ4n) is 2.66. The van der Waals surface area contributed by atoms with E-state index in [0.29, 0.717) is 17.3 Å². The molecule has 1 aromatic carbocycles. The molecule has 0 radical (unpaired) electrons. The first-order chi connectivity index (χ1) is 10.5. The molecule has 3 aromatic rings. The quantitative estimate of drug-likeness (QED) is 0.551. The number of hydrogen-bond acceptors (Lipinski definition) is 3. The third-order valence-electron chi connectivity index (χ3n) is 3.69. The van der Waals surface area contributed by atoms with Crippen molar-refractivity contribution in [3.8, 4) is 11.6 Å². The maximum absolute atomic E-state index is 11.6. The maximum atomic E-state index is 11.6. The molecule has 0 aliphatic rings. The Morgan fingerprint density at radius 3 is 2.82 bits per heavy atom. The third kappa shape index (κ3) is 2.11. The van der Waals surface area contributed by atoms with Crippen molar-refractivity contribution < 1.29 is 9.53 Å². The van der Waals surface area contributed by atoms with Crippen LogP contribution in [0.25, 0.3) is 16.7 Å². The van der Waals surface area contributed by atoms with Gasteiger partial charge in [-0.15, -0.1) is 0 Å². The van der Waals surface area contributed by atoms with Gasteiger partial charge in [-0.2, -0.15) is 5.10 Å². The lowest BCUT2D eigenvalue weighted by Crippen LogP contribution is -2.08. The van der Waals surface area contributed by atoms with Gasteiger partial charge in [-0.25, -0.2) is 9.48 Å². The summed E-state index contributed by atoms with van der Waals surface area (Å²) in [6.07, 6.45) is 3.10. The number of benzene rings is 1. The van der Waals surface area contributed by atoms with Gasteiger partial charge >= 0.3 is 5.97 Å². The van der Waals surface area contributed by atoms with Crippen LogP contribution in [0, 0.1) is 13.8 Å². The predicted octanol–water partition coefficient (Wildman–Crippen LogP) is 3.07. The molecule has 2 aromatic heterocycles. The molecule has 0 aliphatic carbocycles. The van der Waals surface area contributed by atoms with Crippen molar-refractivity contribution in [2.45, 2.75) is 13.8 Å². The van der Waals surface area contributed by atoms with Crippen LogP contribution in [0.4, 0.5) is 0 Å². The van der Waals surface area contributed by atoms with Crippen molar-refractivity contribution in [2.75, 3.05) is 0 Å². The number of carbonyl (C=O) groups excluding carboxylic acids is 1. The van der Waals surface area contributed by atoms with Gasteiger partial charge in [0.15, 0.2) is 11.6 Å². The minimum absolute atomic E-state index is 0.450. The number of hydrogen-bond donors (Lipinski definition) is 0. The number of fused-ring (bicyclic) bond motifs is 1. The molecule has 2 heterocycles. The van der Waals surface area contributed by atoms with Gasteiger partial charge in [0.1, 0.15) is 5.69 Å². The number of nitrogens with zero attached hydrogens (tertiary/aromatic N) is 3. The number of esters is 1. The minimum atomic E-state index is -0.495. The Bertz CT molecular complexity index is 887. The van der Waals surface area contributed by atoms with Crippen molar-refractivity contribution in [1.82, 2.24) is 14.3 Å². The minimum Gasteiger partial charge on any atom is -0.417 e. The van der Waals surface area contributed by atoms with E-state index in [0.717, 1.165) is 17.0 Å². The van der Waals surface area contributed by atoms with Crippen LogP contribution in [0.15, 0.2) is 43.1 Å². The summed E-state index contributed by atoms with van der Waals surface area (Å²) in [7, 11) is 1.83. The zero-order valence-corrected chi connectivity index (χ0v) is 12.8. The topological polar surface area (TPSA) is 49.0 Å². The molecular weight excluding hydrogens is 278 g/mol. The first-order valence-corrected chi connectivity index (χ1v) is 6.98. The summed E-state index contributed by atoms with van der Waals surface area (Å²) in [5.74, 6) is 0.671. The highest BCUT2D eigenvalue weighted by Crippen LogP contribution is 2.31. The fraction of sp³-hybridized carbons (Fsp3) is 0.176. The zero-order valence-electron chi connectivity index (χ0n) is 12.8. The molecule has 3 rings (SSSR count). The first-order valence-electron chi connectivity index (χ1n) is 6.98. The van der Waals surface area contributed by atoms with Crippen LogP contribution in [-0.2, 0) is 11.8 Å². The second-order valence-corrected chi connectivity index (χ2v) is 5.18. The Balaban J connectivity index is 2.24. The summed E-state index contributed by atoms with van der Waals surface area (Å²) in [6.45, 7) is 7.32. The largest absolute Gasteiger partial charge is 0.417 e. The lowest BCUT2D eigenvalue weighted by molar-refractivity contribution is -0.129. The summed E-state index contributed by atoms with van der Waals surface area (Å²) in [5.41, 5.74) is 2.89. The van der Waals surface area contributed by atoms with Crippen LogP contribution in [0.2, 0.25) is 0 Å². The van der Waals surface area contributed by atoms with E-state index in [9.17, 15) is 4.79 Å². The SMILES string of the molecule is C=CC(=O)Oc1c(C)nn(C)c1-n1ccc2c(C)cccc21. The highest BCUT2D eigenvalue weighted by atomic mass is 16.5. The Kier molecular flexibility index (Phi) is 3.33. The molecule has 22 heavy (non-hydrogen) atoms.